The molecule has 0 bridgehead atoms. The van der Waals surface area contributed by atoms with Crippen LogP contribution < -0.4 is 5.32 Å². The second kappa shape index (κ2) is 5.89. The maximum Gasteiger partial charge on any atom is 0.163 e. The van der Waals surface area contributed by atoms with Gasteiger partial charge in [0.05, 0.1) is 0 Å². The van der Waals surface area contributed by atoms with Crippen molar-refractivity contribution in [1.82, 2.24) is 15.0 Å². The van der Waals surface area contributed by atoms with Crippen LogP contribution in [0, 0.1) is 18.3 Å². The molecule has 2 aromatic heterocycles. The van der Waals surface area contributed by atoms with Crippen molar-refractivity contribution in [3.63, 3.8) is 0 Å². The number of aromatic nitrogens is 3. The first-order chi connectivity index (χ1) is 11.3. The Morgan fingerprint density at radius 3 is 2.96 bits per heavy atom. The summed E-state index contributed by atoms with van der Waals surface area (Å²) in [5.74, 6) is 2.39. The van der Waals surface area contributed by atoms with Crippen LogP contribution >= 0.6 is 0 Å². The zero-order chi connectivity index (χ0) is 15.7. The second-order valence-electron chi connectivity index (χ2n) is 6.72. The molecule has 1 unspecified atom stereocenters. The third kappa shape index (κ3) is 3.06. The van der Waals surface area contributed by atoms with Gasteiger partial charge in [0.2, 0.25) is 0 Å². The summed E-state index contributed by atoms with van der Waals surface area (Å²) < 4.78 is 5.49. The van der Waals surface area contributed by atoms with Crippen molar-refractivity contribution in [2.24, 2.45) is 11.3 Å². The number of hydrogen-bond acceptors (Lipinski definition) is 5. The van der Waals surface area contributed by atoms with Gasteiger partial charge < -0.3 is 10.1 Å². The third-order valence-corrected chi connectivity index (χ3v) is 5.15. The van der Waals surface area contributed by atoms with E-state index in [1.807, 2.05) is 25.1 Å². The molecule has 1 saturated heterocycles. The van der Waals surface area contributed by atoms with Crippen molar-refractivity contribution in [1.29, 1.82) is 0 Å². The zero-order valence-electron chi connectivity index (χ0n) is 13.5. The lowest BCUT2D eigenvalue weighted by Crippen LogP contribution is -2.21. The third-order valence-electron chi connectivity index (χ3n) is 5.15. The van der Waals surface area contributed by atoms with Crippen molar-refractivity contribution in [3.05, 3.63) is 36.3 Å². The molecule has 0 aromatic carbocycles. The Balaban J connectivity index is 1.44. The molecule has 1 aliphatic heterocycles. The van der Waals surface area contributed by atoms with E-state index in [1.165, 1.54) is 19.3 Å². The molecule has 5 heteroatoms. The number of nitrogens with one attached hydrogen (secondary N) is 1. The van der Waals surface area contributed by atoms with Gasteiger partial charge in [0.15, 0.2) is 5.82 Å². The fourth-order valence-corrected chi connectivity index (χ4v) is 3.62. The summed E-state index contributed by atoms with van der Waals surface area (Å²) in [7, 11) is 0. The van der Waals surface area contributed by atoms with E-state index in [0.29, 0.717) is 5.41 Å². The lowest BCUT2D eigenvalue weighted by molar-refractivity contribution is 0.0527. The Hall–Kier alpha value is -2.01. The molecular weight excluding hydrogens is 288 g/mol. The van der Waals surface area contributed by atoms with Gasteiger partial charge >= 0.3 is 0 Å². The first-order valence-electron chi connectivity index (χ1n) is 8.33. The molecule has 0 amide bonds. The number of ether oxygens (including phenoxy) is 1. The number of hydrogen-bond donors (Lipinski definition) is 1. The van der Waals surface area contributed by atoms with Gasteiger partial charge in [-0.15, -0.1) is 0 Å². The molecule has 1 aliphatic carbocycles. The minimum absolute atomic E-state index is 0.541. The average Bonchev–Trinajstić information content (AvgIpc) is 3.25. The summed E-state index contributed by atoms with van der Waals surface area (Å²) in [4.78, 5) is 13.3. The maximum atomic E-state index is 5.49. The van der Waals surface area contributed by atoms with E-state index >= 15 is 0 Å². The predicted molar refractivity (Wildman–Crippen MR) is 89.1 cm³/mol. The van der Waals surface area contributed by atoms with Crippen LogP contribution in [0.25, 0.3) is 11.4 Å². The number of aryl methyl sites for hydroxylation is 1. The first-order valence-corrected chi connectivity index (χ1v) is 8.33. The quantitative estimate of drug-likeness (QED) is 0.940. The molecule has 2 fully saturated rings. The number of pyridine rings is 1. The van der Waals surface area contributed by atoms with Gasteiger partial charge in [-0.1, -0.05) is 0 Å². The van der Waals surface area contributed by atoms with Gasteiger partial charge in [-0.2, -0.15) is 0 Å². The Kier molecular flexibility index (Phi) is 3.73. The molecular formula is C18H22N4O. The van der Waals surface area contributed by atoms with Crippen LogP contribution in [0.2, 0.25) is 0 Å². The lowest BCUT2D eigenvalue weighted by atomic mass is 9.94. The van der Waals surface area contributed by atoms with Crippen molar-refractivity contribution >= 4 is 5.82 Å². The fraction of sp³-hybridized carbons (Fsp3) is 0.500. The summed E-state index contributed by atoms with van der Waals surface area (Å²) >= 11 is 0. The summed E-state index contributed by atoms with van der Waals surface area (Å²) in [5.41, 5.74) is 2.46. The van der Waals surface area contributed by atoms with Crippen LogP contribution in [0.3, 0.4) is 0 Å². The average molecular weight is 310 g/mol. The van der Waals surface area contributed by atoms with E-state index in [9.17, 15) is 0 Å². The second-order valence-corrected chi connectivity index (χ2v) is 6.72. The highest BCUT2D eigenvalue weighted by molar-refractivity contribution is 5.56. The largest absolute Gasteiger partial charge is 0.381 e. The normalized spacial score (nSPS) is 22.0. The highest BCUT2D eigenvalue weighted by Gasteiger charge is 2.53. The van der Waals surface area contributed by atoms with Crippen LogP contribution in [0.15, 0.2) is 30.6 Å². The molecule has 1 saturated carbocycles. The molecule has 0 radical (unpaired) electrons. The van der Waals surface area contributed by atoms with Crippen LogP contribution in [0.1, 0.15) is 25.0 Å². The fourth-order valence-electron chi connectivity index (χ4n) is 3.62. The summed E-state index contributed by atoms with van der Waals surface area (Å²) in [5, 5.41) is 3.52. The van der Waals surface area contributed by atoms with E-state index in [-0.39, 0.29) is 0 Å². The number of nitrogens with zero attached hydrogens (tertiary/aromatic N) is 3. The number of rotatable bonds is 4. The maximum absolute atomic E-state index is 5.49. The van der Waals surface area contributed by atoms with Crippen molar-refractivity contribution in [2.45, 2.75) is 26.2 Å². The van der Waals surface area contributed by atoms with Crippen LogP contribution in [0.5, 0.6) is 0 Å². The topological polar surface area (TPSA) is 59.9 Å². The summed E-state index contributed by atoms with van der Waals surface area (Å²) in [6.45, 7) is 4.84. The molecule has 4 rings (SSSR count). The standard InChI is InChI=1S/C18H22N4O/c1-13-9-16(22-17(21-13)14-3-2-6-19-11-14)20-12-15-10-18(15)4-7-23-8-5-18/h2-3,6,9,11,15H,4-5,7-8,10,12H2,1H3,(H,20,21,22). The Labute approximate surface area is 136 Å². The van der Waals surface area contributed by atoms with E-state index in [2.05, 4.69) is 20.3 Å². The van der Waals surface area contributed by atoms with Gasteiger partial charge in [0, 0.05) is 49.5 Å². The molecule has 2 aromatic rings. The van der Waals surface area contributed by atoms with Crippen molar-refractivity contribution < 1.29 is 4.74 Å². The molecule has 1 atom stereocenters. The molecule has 5 nitrogen and oxygen atoms in total. The molecule has 3 heterocycles. The lowest BCUT2D eigenvalue weighted by Gasteiger charge is -2.23. The van der Waals surface area contributed by atoms with Gasteiger partial charge in [-0.05, 0) is 49.7 Å². The van der Waals surface area contributed by atoms with Gasteiger partial charge in [-0.25, -0.2) is 9.97 Å². The monoisotopic (exact) mass is 310 g/mol. The van der Waals surface area contributed by atoms with Crippen LogP contribution in [0.4, 0.5) is 5.82 Å². The predicted octanol–water partition coefficient (Wildman–Crippen LogP) is 3.08. The Morgan fingerprint density at radius 1 is 1.30 bits per heavy atom. The SMILES string of the molecule is Cc1cc(NCC2CC23CCOCC3)nc(-c2cccnc2)n1. The van der Waals surface area contributed by atoms with Gasteiger partial charge in [0.25, 0.3) is 0 Å². The summed E-state index contributed by atoms with van der Waals surface area (Å²) in [6.07, 6.45) is 7.31. The van der Waals surface area contributed by atoms with Crippen LogP contribution in [-0.4, -0.2) is 34.7 Å². The number of anilines is 1. The highest BCUT2D eigenvalue weighted by atomic mass is 16.5. The van der Waals surface area contributed by atoms with Gasteiger partial charge in [-0.3, -0.25) is 4.98 Å². The van der Waals surface area contributed by atoms with Crippen molar-refractivity contribution in [3.8, 4) is 11.4 Å². The van der Waals surface area contributed by atoms with Gasteiger partial charge in [0.1, 0.15) is 5.82 Å². The minimum atomic E-state index is 0.541. The van der Waals surface area contributed by atoms with E-state index < -0.39 is 0 Å². The first kappa shape index (κ1) is 14.6. The van der Waals surface area contributed by atoms with E-state index in [4.69, 9.17) is 4.74 Å². The highest BCUT2D eigenvalue weighted by Crippen LogP contribution is 2.58. The van der Waals surface area contributed by atoms with E-state index in [0.717, 1.165) is 48.6 Å². The molecule has 1 spiro atoms. The molecule has 2 aliphatic rings. The zero-order valence-corrected chi connectivity index (χ0v) is 13.5. The Bertz CT molecular complexity index is 683. The molecule has 23 heavy (non-hydrogen) atoms. The van der Waals surface area contributed by atoms with E-state index in [1.54, 1.807) is 12.4 Å². The van der Waals surface area contributed by atoms with Crippen LogP contribution in [-0.2, 0) is 4.74 Å². The molecule has 120 valence electrons. The van der Waals surface area contributed by atoms with Crippen molar-refractivity contribution in [2.75, 3.05) is 25.1 Å². The smallest absolute Gasteiger partial charge is 0.163 e. The summed E-state index contributed by atoms with van der Waals surface area (Å²) in [6, 6.07) is 5.91. The Morgan fingerprint density at radius 2 is 2.17 bits per heavy atom. The minimum Gasteiger partial charge on any atom is -0.381 e. The molecule has 1 N–H and O–H groups in total.